The molecular formula is C22H34MnN2O9+2. The van der Waals surface area contributed by atoms with E-state index in [1.807, 2.05) is 12.1 Å². The Morgan fingerprint density at radius 1 is 0.735 bits per heavy atom. The van der Waals surface area contributed by atoms with Crippen LogP contribution >= 0.6 is 0 Å². The molecule has 3 aromatic rings. The van der Waals surface area contributed by atoms with Gasteiger partial charge in [-0.3, -0.25) is 9.97 Å². The molecule has 4 rings (SSSR count). The minimum absolute atomic E-state index is 0. The molecule has 1 radical (unpaired) electrons. The smallest absolute Gasteiger partial charge is 0.550 e. The summed E-state index contributed by atoms with van der Waals surface area (Å²) >= 11 is 0. The second kappa shape index (κ2) is 17.7. The van der Waals surface area contributed by atoms with Gasteiger partial charge in [-0.1, -0.05) is 43.5 Å². The van der Waals surface area contributed by atoms with Crippen LogP contribution in [0, 0.1) is 5.41 Å². The first-order valence-corrected chi connectivity index (χ1v) is 9.47. The largest absolute Gasteiger partial charge is 2.00 e. The van der Waals surface area contributed by atoms with Crippen molar-refractivity contribution in [2.24, 2.45) is 5.41 Å². The molecule has 2 heterocycles. The monoisotopic (exact) mass is 525 g/mol. The molecule has 1 saturated carbocycles. The summed E-state index contributed by atoms with van der Waals surface area (Å²) in [5.41, 5.74) is 1.35. The summed E-state index contributed by atoms with van der Waals surface area (Å²) in [6, 6.07) is 12.1. The normalized spacial score (nSPS) is 12.8. The van der Waals surface area contributed by atoms with Crippen LogP contribution in [0.3, 0.4) is 0 Å². The van der Waals surface area contributed by atoms with Gasteiger partial charge in [0.1, 0.15) is 0 Å². The topological polar surface area (TPSA) is 267 Å². The van der Waals surface area contributed by atoms with Crippen LogP contribution in [0.4, 0.5) is 0 Å². The molecule has 0 unspecified atom stereocenters. The molecule has 0 atom stereocenters. The number of carbonyl (C=O) groups is 2. The van der Waals surface area contributed by atoms with Crippen LogP contribution in [0.5, 0.6) is 0 Å². The van der Waals surface area contributed by atoms with E-state index < -0.39 is 17.4 Å². The van der Waals surface area contributed by atoms with Crippen LogP contribution in [0.25, 0.3) is 21.8 Å². The zero-order valence-electron chi connectivity index (χ0n) is 18.6. The summed E-state index contributed by atoms with van der Waals surface area (Å²) in [6.45, 7) is 0. The van der Waals surface area contributed by atoms with Crippen molar-refractivity contribution in [3.63, 3.8) is 0 Å². The Morgan fingerprint density at radius 2 is 1.12 bits per heavy atom. The number of aliphatic carboxylic acids is 2. The van der Waals surface area contributed by atoms with E-state index in [9.17, 15) is 19.8 Å². The maximum absolute atomic E-state index is 10.5. The fourth-order valence-corrected chi connectivity index (χ4v) is 4.01. The second-order valence-electron chi connectivity index (χ2n) is 7.37. The average Bonchev–Trinajstić information content (AvgIpc) is 2.68. The third-order valence-corrected chi connectivity index (χ3v) is 5.30. The molecule has 0 amide bonds. The number of carboxylic acids is 2. The predicted octanol–water partition coefficient (Wildman–Crippen LogP) is -2.32. The number of hydrogen-bond acceptors (Lipinski definition) is 6. The van der Waals surface area contributed by atoms with Gasteiger partial charge < -0.3 is 47.2 Å². The Bertz CT molecular complexity index is 925. The first-order chi connectivity index (χ1) is 13.5. The molecule has 2 aromatic heterocycles. The van der Waals surface area contributed by atoms with E-state index in [0.717, 1.165) is 41.1 Å². The van der Waals surface area contributed by atoms with Crippen LogP contribution in [0.2, 0.25) is 0 Å². The van der Waals surface area contributed by atoms with Crippen molar-refractivity contribution in [1.82, 2.24) is 9.97 Å². The molecule has 1 aliphatic carbocycles. The molecule has 0 bridgehead atoms. The van der Waals surface area contributed by atoms with Gasteiger partial charge in [0, 0.05) is 35.1 Å². The van der Waals surface area contributed by atoms with Crippen molar-refractivity contribution in [3.8, 4) is 0 Å². The summed E-state index contributed by atoms with van der Waals surface area (Å²) < 4.78 is 0. The average molecular weight is 525 g/mol. The van der Waals surface area contributed by atoms with Gasteiger partial charge in [0.15, 0.2) is 0 Å². The quantitative estimate of drug-likeness (QED) is 0.205. The number of benzene rings is 1. The molecule has 12 N–H and O–H groups in total. The fourth-order valence-electron chi connectivity index (χ4n) is 4.01. The fraction of sp³-hybridized carbons (Fsp3) is 0.364. The number of hydrogen-bond donors (Lipinski definition) is 0. The molecule has 1 fully saturated rings. The molecule has 0 saturated heterocycles. The standard InChI is InChI=1S/C12H8N2.C10H16O4.Mn.5H2O/c1-3-9-5-6-10-4-2-8-14-12(10)11(9)13-7-1;11-8(12)6-10(7-9(13)14)4-2-1-3-5-10;;;;;;/h1-8H;1-7H2,(H,11,12)(H,13,14);;5*1H2/q;;+2;;;;;. The Kier molecular flexibility index (Phi) is 20.1. The third-order valence-electron chi connectivity index (χ3n) is 5.30. The zero-order chi connectivity index (χ0) is 20.0. The first kappa shape index (κ1) is 38.6. The van der Waals surface area contributed by atoms with E-state index in [1.165, 1.54) is 0 Å². The summed E-state index contributed by atoms with van der Waals surface area (Å²) in [7, 11) is 0. The molecule has 0 aliphatic heterocycles. The van der Waals surface area contributed by atoms with Crippen LogP contribution < -0.4 is 10.2 Å². The van der Waals surface area contributed by atoms with E-state index in [0.29, 0.717) is 12.8 Å². The Hall–Kier alpha value is -2.70. The van der Waals surface area contributed by atoms with Crippen LogP contribution in [0.15, 0.2) is 48.8 Å². The van der Waals surface area contributed by atoms with Gasteiger partial charge in [0.2, 0.25) is 0 Å². The van der Waals surface area contributed by atoms with E-state index in [-0.39, 0.29) is 57.3 Å². The molecule has 11 nitrogen and oxygen atoms in total. The number of pyridine rings is 2. The second-order valence-corrected chi connectivity index (χ2v) is 7.37. The third kappa shape index (κ3) is 10.1. The van der Waals surface area contributed by atoms with Gasteiger partial charge in [-0.25, -0.2) is 0 Å². The molecule has 1 aliphatic rings. The molecule has 0 spiro atoms. The van der Waals surface area contributed by atoms with Crippen molar-refractivity contribution in [1.29, 1.82) is 0 Å². The Morgan fingerprint density at radius 3 is 1.47 bits per heavy atom. The molecule has 12 heteroatoms. The van der Waals surface area contributed by atoms with Crippen LogP contribution in [-0.4, -0.2) is 38.3 Å². The SMILES string of the molecule is O.O.O.O=C([O-])CC1(CC(=O)[O-])CCCCC1.[Mn+2].[OH3+].[OH3+].c1cnc2c(c1)ccc1cccnc12. The van der Waals surface area contributed by atoms with Crippen molar-refractivity contribution in [2.75, 3.05) is 0 Å². The van der Waals surface area contributed by atoms with E-state index in [4.69, 9.17) is 0 Å². The summed E-state index contributed by atoms with van der Waals surface area (Å²) in [4.78, 5) is 29.8. The predicted molar refractivity (Wildman–Crippen MR) is 122 cm³/mol. The number of nitrogens with zero attached hydrogens (tertiary/aromatic N) is 2. The minimum atomic E-state index is -1.16. The number of fused-ring (bicyclic) bond motifs is 3. The number of carboxylic acid groups (broad SMARTS) is 2. The molecule has 191 valence electrons. The minimum Gasteiger partial charge on any atom is -0.550 e. The van der Waals surface area contributed by atoms with Crippen molar-refractivity contribution in [2.45, 2.75) is 44.9 Å². The van der Waals surface area contributed by atoms with Gasteiger partial charge in [-0.2, -0.15) is 0 Å². The van der Waals surface area contributed by atoms with Crippen molar-refractivity contribution < 1.29 is 64.3 Å². The first-order valence-electron chi connectivity index (χ1n) is 9.47. The maximum atomic E-state index is 10.5. The van der Waals surface area contributed by atoms with Gasteiger partial charge in [0.05, 0.1) is 11.0 Å². The van der Waals surface area contributed by atoms with Gasteiger partial charge in [0.25, 0.3) is 0 Å². The van der Waals surface area contributed by atoms with Crippen molar-refractivity contribution in [3.05, 3.63) is 48.8 Å². The van der Waals surface area contributed by atoms with E-state index in [2.05, 4.69) is 34.2 Å². The molecule has 1 aromatic carbocycles. The number of aromatic nitrogens is 2. The summed E-state index contributed by atoms with van der Waals surface area (Å²) in [5.74, 6) is -2.32. The summed E-state index contributed by atoms with van der Waals surface area (Å²) in [5, 5.41) is 23.3. The van der Waals surface area contributed by atoms with Crippen LogP contribution in [0.1, 0.15) is 44.9 Å². The molecular weight excluding hydrogens is 491 g/mol. The van der Waals surface area contributed by atoms with Crippen molar-refractivity contribution >= 4 is 33.7 Å². The van der Waals surface area contributed by atoms with Gasteiger partial charge in [-0.15, -0.1) is 0 Å². The summed E-state index contributed by atoms with van der Waals surface area (Å²) in [6.07, 6.45) is 7.49. The number of rotatable bonds is 4. The van der Waals surface area contributed by atoms with Gasteiger partial charge in [-0.05, 0) is 43.2 Å². The van der Waals surface area contributed by atoms with E-state index in [1.54, 1.807) is 12.4 Å². The Labute approximate surface area is 207 Å². The van der Waals surface area contributed by atoms with Crippen LogP contribution in [-0.2, 0) is 37.6 Å². The maximum Gasteiger partial charge on any atom is 2.00 e. The zero-order valence-corrected chi connectivity index (χ0v) is 19.8. The van der Waals surface area contributed by atoms with Gasteiger partial charge >= 0.3 is 17.1 Å². The Balaban J connectivity index is -0.000000225. The number of carbonyl (C=O) groups excluding carboxylic acids is 2. The van der Waals surface area contributed by atoms with E-state index >= 15 is 0 Å². The molecule has 34 heavy (non-hydrogen) atoms.